The summed E-state index contributed by atoms with van der Waals surface area (Å²) in [5.41, 5.74) is 0.150. The second kappa shape index (κ2) is 7.84. The third-order valence-corrected chi connectivity index (χ3v) is 4.33. The topological polar surface area (TPSA) is 43.8 Å². The van der Waals surface area contributed by atoms with Crippen molar-refractivity contribution in [3.8, 4) is 0 Å². The summed E-state index contributed by atoms with van der Waals surface area (Å²) in [5.74, 6) is -2.28. The van der Waals surface area contributed by atoms with Gasteiger partial charge in [-0.1, -0.05) is 19.8 Å². The standard InChI is InChI=1S/C17H24F2N2O2/c1-3-4-5-13(9-21-10-14(22)11-21)20(2)17(23)12-6-7-15(18)16(19)8-12/h6-8,13-14,22H,3-5,9-11H2,1-2H3. The van der Waals surface area contributed by atoms with Crippen LogP contribution in [0.15, 0.2) is 18.2 Å². The van der Waals surface area contributed by atoms with Crippen molar-refractivity contribution in [2.24, 2.45) is 0 Å². The fraction of sp³-hybridized carbons (Fsp3) is 0.588. The number of halogens is 2. The number of likely N-dealkylation sites (N-methyl/N-ethyl adjacent to an activating group) is 1. The van der Waals surface area contributed by atoms with Gasteiger partial charge in [0.1, 0.15) is 0 Å². The molecule has 1 atom stereocenters. The molecule has 1 aromatic rings. The Bertz CT molecular complexity index is 547. The zero-order valence-corrected chi connectivity index (χ0v) is 13.6. The monoisotopic (exact) mass is 326 g/mol. The lowest BCUT2D eigenvalue weighted by Gasteiger charge is -2.40. The van der Waals surface area contributed by atoms with Crippen molar-refractivity contribution < 1.29 is 18.7 Å². The highest BCUT2D eigenvalue weighted by molar-refractivity contribution is 5.94. The molecule has 2 rings (SSSR count). The van der Waals surface area contributed by atoms with E-state index in [1.54, 1.807) is 11.9 Å². The Morgan fingerprint density at radius 1 is 1.39 bits per heavy atom. The smallest absolute Gasteiger partial charge is 0.253 e. The number of β-amino-alcohol motifs (C(OH)–C–C–N with tert-alkyl or cyclic N) is 1. The zero-order chi connectivity index (χ0) is 17.0. The molecule has 1 N–H and O–H groups in total. The van der Waals surface area contributed by atoms with Gasteiger partial charge >= 0.3 is 0 Å². The van der Waals surface area contributed by atoms with Gasteiger partial charge in [0.15, 0.2) is 11.6 Å². The number of nitrogens with zero attached hydrogens (tertiary/aromatic N) is 2. The molecule has 0 spiro atoms. The first-order valence-electron chi connectivity index (χ1n) is 8.05. The van der Waals surface area contributed by atoms with Crippen LogP contribution in [0.5, 0.6) is 0 Å². The van der Waals surface area contributed by atoms with Crippen molar-refractivity contribution in [2.75, 3.05) is 26.7 Å². The van der Waals surface area contributed by atoms with Crippen LogP contribution >= 0.6 is 0 Å². The molecule has 0 aromatic heterocycles. The minimum absolute atomic E-state index is 0.0111. The molecule has 1 amide bonds. The van der Waals surface area contributed by atoms with Crippen molar-refractivity contribution in [3.05, 3.63) is 35.4 Å². The molecule has 6 heteroatoms. The van der Waals surface area contributed by atoms with E-state index in [2.05, 4.69) is 11.8 Å². The van der Waals surface area contributed by atoms with Gasteiger partial charge in [0.2, 0.25) is 0 Å². The summed E-state index contributed by atoms with van der Waals surface area (Å²) in [4.78, 5) is 16.2. The van der Waals surface area contributed by atoms with Gasteiger partial charge in [0.05, 0.1) is 6.10 Å². The maximum Gasteiger partial charge on any atom is 0.253 e. The van der Waals surface area contributed by atoms with E-state index in [4.69, 9.17) is 0 Å². The number of carbonyl (C=O) groups is 1. The van der Waals surface area contributed by atoms with Crippen molar-refractivity contribution in [1.29, 1.82) is 0 Å². The Balaban J connectivity index is 2.06. The zero-order valence-electron chi connectivity index (χ0n) is 13.6. The molecule has 0 saturated carbocycles. The minimum atomic E-state index is -1.01. The van der Waals surface area contributed by atoms with Crippen LogP contribution in [0.2, 0.25) is 0 Å². The van der Waals surface area contributed by atoms with Gasteiger partial charge < -0.3 is 10.0 Å². The SMILES string of the molecule is CCCCC(CN1CC(O)C1)N(C)C(=O)c1ccc(F)c(F)c1. The average molecular weight is 326 g/mol. The predicted molar refractivity (Wildman–Crippen MR) is 84.2 cm³/mol. The average Bonchev–Trinajstić information content (AvgIpc) is 2.50. The highest BCUT2D eigenvalue weighted by atomic mass is 19.2. The fourth-order valence-corrected chi connectivity index (χ4v) is 2.84. The van der Waals surface area contributed by atoms with Gasteiger partial charge in [-0.3, -0.25) is 9.69 Å². The van der Waals surface area contributed by atoms with Gasteiger partial charge in [0.25, 0.3) is 5.91 Å². The molecule has 1 fully saturated rings. The number of likely N-dealkylation sites (tertiary alicyclic amines) is 1. The van der Waals surface area contributed by atoms with Crippen LogP contribution in [-0.2, 0) is 0 Å². The summed E-state index contributed by atoms with van der Waals surface area (Å²) in [7, 11) is 1.69. The highest BCUT2D eigenvalue weighted by Crippen LogP contribution is 2.17. The number of aliphatic hydroxyl groups is 1. The van der Waals surface area contributed by atoms with Crippen LogP contribution in [0.25, 0.3) is 0 Å². The van der Waals surface area contributed by atoms with E-state index < -0.39 is 11.6 Å². The first-order chi connectivity index (χ1) is 10.9. The van der Waals surface area contributed by atoms with Crippen molar-refractivity contribution in [1.82, 2.24) is 9.80 Å². The number of aliphatic hydroxyl groups excluding tert-OH is 1. The summed E-state index contributed by atoms with van der Waals surface area (Å²) in [5, 5.41) is 9.39. The molecule has 0 aliphatic carbocycles. The number of rotatable bonds is 7. The number of hydrogen-bond donors (Lipinski definition) is 1. The second-order valence-electron chi connectivity index (χ2n) is 6.21. The highest BCUT2D eigenvalue weighted by Gasteiger charge is 2.29. The quantitative estimate of drug-likeness (QED) is 0.836. The molecule has 1 aromatic carbocycles. The molecule has 1 aliphatic heterocycles. The molecule has 1 unspecified atom stereocenters. The first-order valence-corrected chi connectivity index (χ1v) is 8.05. The van der Waals surface area contributed by atoms with Crippen molar-refractivity contribution in [2.45, 2.75) is 38.3 Å². The minimum Gasteiger partial charge on any atom is -0.390 e. The summed E-state index contributed by atoms with van der Waals surface area (Å²) in [6, 6.07) is 3.21. The Morgan fingerprint density at radius 2 is 2.09 bits per heavy atom. The lowest BCUT2D eigenvalue weighted by atomic mass is 10.0. The molecule has 1 aliphatic rings. The van der Waals surface area contributed by atoms with E-state index in [9.17, 15) is 18.7 Å². The maximum atomic E-state index is 13.3. The molecule has 0 radical (unpaired) electrons. The Morgan fingerprint density at radius 3 is 2.65 bits per heavy atom. The number of amides is 1. The lowest BCUT2D eigenvalue weighted by Crippen LogP contribution is -2.55. The van der Waals surface area contributed by atoms with Crippen molar-refractivity contribution in [3.63, 3.8) is 0 Å². The number of hydrogen-bond acceptors (Lipinski definition) is 3. The van der Waals surface area contributed by atoms with Gasteiger partial charge in [-0.15, -0.1) is 0 Å². The third kappa shape index (κ3) is 4.48. The second-order valence-corrected chi connectivity index (χ2v) is 6.21. The van der Waals surface area contributed by atoms with Gasteiger partial charge in [-0.05, 0) is 24.6 Å². The van der Waals surface area contributed by atoms with Gasteiger partial charge in [0, 0.05) is 38.3 Å². The number of benzene rings is 1. The van der Waals surface area contributed by atoms with Crippen LogP contribution in [0.1, 0.15) is 36.5 Å². The Kier molecular flexibility index (Phi) is 6.07. The lowest BCUT2D eigenvalue weighted by molar-refractivity contribution is -0.0114. The summed E-state index contributed by atoms with van der Waals surface area (Å²) in [6.45, 7) is 4.01. The van der Waals surface area contributed by atoms with E-state index in [0.29, 0.717) is 19.6 Å². The van der Waals surface area contributed by atoms with Gasteiger partial charge in [-0.25, -0.2) is 8.78 Å². The molecular formula is C17H24F2N2O2. The van der Waals surface area contributed by atoms with Crippen LogP contribution < -0.4 is 0 Å². The first kappa shape index (κ1) is 17.8. The Hall–Kier alpha value is -1.53. The Labute approximate surface area is 135 Å². The molecule has 1 heterocycles. The van der Waals surface area contributed by atoms with Gasteiger partial charge in [-0.2, -0.15) is 0 Å². The largest absolute Gasteiger partial charge is 0.390 e. The molecular weight excluding hydrogens is 302 g/mol. The van der Waals surface area contributed by atoms with E-state index >= 15 is 0 Å². The molecule has 4 nitrogen and oxygen atoms in total. The van der Waals surface area contributed by atoms with E-state index in [1.807, 2.05) is 0 Å². The van der Waals surface area contributed by atoms with Crippen LogP contribution in [-0.4, -0.2) is 59.6 Å². The molecule has 128 valence electrons. The summed E-state index contributed by atoms with van der Waals surface area (Å²) in [6.07, 6.45) is 2.56. The van der Waals surface area contributed by atoms with Crippen molar-refractivity contribution >= 4 is 5.91 Å². The van der Waals surface area contributed by atoms with E-state index in [0.717, 1.165) is 31.4 Å². The number of unbranched alkanes of at least 4 members (excludes halogenated alkanes) is 1. The molecule has 23 heavy (non-hydrogen) atoms. The fourth-order valence-electron chi connectivity index (χ4n) is 2.84. The molecule has 0 bridgehead atoms. The van der Waals surface area contributed by atoms with Crippen LogP contribution in [0.3, 0.4) is 0 Å². The normalized spacial score (nSPS) is 16.9. The summed E-state index contributed by atoms with van der Waals surface area (Å²) < 4.78 is 26.4. The maximum absolute atomic E-state index is 13.3. The van der Waals surface area contributed by atoms with Crippen LogP contribution in [0, 0.1) is 11.6 Å². The van der Waals surface area contributed by atoms with E-state index in [1.165, 1.54) is 6.07 Å². The predicted octanol–water partition coefficient (Wildman–Crippen LogP) is 2.27. The van der Waals surface area contributed by atoms with E-state index in [-0.39, 0.29) is 23.6 Å². The number of carbonyl (C=O) groups excluding carboxylic acids is 1. The third-order valence-electron chi connectivity index (χ3n) is 4.33. The van der Waals surface area contributed by atoms with Crippen LogP contribution in [0.4, 0.5) is 8.78 Å². The summed E-state index contributed by atoms with van der Waals surface area (Å²) >= 11 is 0. The molecule has 1 saturated heterocycles.